The quantitative estimate of drug-likeness (QED) is 0.328. The molecule has 0 unspecified atom stereocenters. The lowest BCUT2D eigenvalue weighted by molar-refractivity contribution is -0.115. The van der Waals surface area contributed by atoms with Crippen molar-refractivity contribution in [2.24, 2.45) is 10.7 Å². The predicted octanol–water partition coefficient (Wildman–Crippen LogP) is 5.51. The van der Waals surface area contributed by atoms with E-state index >= 15 is 0 Å². The van der Waals surface area contributed by atoms with Crippen LogP contribution in [0, 0.1) is 0 Å². The zero-order valence-electron chi connectivity index (χ0n) is 20.5. The number of ether oxygens (including phenoxy) is 2. The lowest BCUT2D eigenvalue weighted by atomic mass is 10.1. The highest BCUT2D eigenvalue weighted by atomic mass is 35.5. The van der Waals surface area contributed by atoms with Gasteiger partial charge in [-0.1, -0.05) is 71.4 Å². The molecule has 0 fully saturated rings. The lowest BCUT2D eigenvalue weighted by Gasteiger charge is -2.14. The average molecular weight is 571 g/mol. The zero-order chi connectivity index (χ0) is 27.2. The number of halogens is 2. The minimum Gasteiger partial charge on any atom is -0.497 e. The van der Waals surface area contributed by atoms with Gasteiger partial charge in [-0.2, -0.15) is 0 Å². The number of anilines is 2. The van der Waals surface area contributed by atoms with E-state index < -0.39 is 17.1 Å². The number of benzene rings is 3. The van der Waals surface area contributed by atoms with Crippen LogP contribution in [0.25, 0.3) is 0 Å². The van der Waals surface area contributed by atoms with Gasteiger partial charge < -0.3 is 25.8 Å². The second-order valence-electron chi connectivity index (χ2n) is 8.04. The fourth-order valence-electron chi connectivity index (χ4n) is 3.67. The average Bonchev–Trinajstić information content (AvgIpc) is 3.26. The number of hydrogen-bond acceptors (Lipinski definition) is 7. The van der Waals surface area contributed by atoms with Gasteiger partial charge in [0, 0.05) is 11.8 Å². The van der Waals surface area contributed by atoms with Crippen molar-refractivity contribution in [3.05, 3.63) is 93.6 Å². The van der Waals surface area contributed by atoms with Crippen molar-refractivity contribution in [3.63, 3.8) is 0 Å². The number of nitrogens with two attached hydrogens (primary N) is 1. The molecule has 196 valence electrons. The third-order valence-electron chi connectivity index (χ3n) is 5.60. The van der Waals surface area contributed by atoms with E-state index in [4.69, 9.17) is 38.4 Å². The summed E-state index contributed by atoms with van der Waals surface area (Å²) in [6.45, 7) is 0.292. The summed E-state index contributed by atoms with van der Waals surface area (Å²) in [7, 11) is 3.02. The molecule has 1 aliphatic rings. The molecule has 0 bridgehead atoms. The van der Waals surface area contributed by atoms with Gasteiger partial charge in [0.1, 0.15) is 21.8 Å². The molecule has 38 heavy (non-hydrogen) atoms. The summed E-state index contributed by atoms with van der Waals surface area (Å²) in [6.07, 6.45) is 0. The van der Waals surface area contributed by atoms with Crippen molar-refractivity contribution in [1.82, 2.24) is 0 Å². The van der Waals surface area contributed by atoms with Crippen molar-refractivity contribution in [2.45, 2.75) is 11.8 Å². The third-order valence-corrected chi connectivity index (χ3v) is 7.49. The number of hydrogen-bond donors (Lipinski definition) is 3. The van der Waals surface area contributed by atoms with E-state index in [-0.39, 0.29) is 27.0 Å². The number of amides is 2. The van der Waals surface area contributed by atoms with Gasteiger partial charge in [-0.05, 0) is 29.8 Å². The topological polar surface area (TPSA) is 115 Å². The van der Waals surface area contributed by atoms with Crippen LogP contribution in [-0.2, 0) is 16.1 Å². The Kier molecular flexibility index (Phi) is 8.83. The molecule has 11 heteroatoms. The summed E-state index contributed by atoms with van der Waals surface area (Å²) >= 11 is 13.6. The molecule has 0 saturated carbocycles. The number of methoxy groups -OCH3 is 2. The van der Waals surface area contributed by atoms with Crippen molar-refractivity contribution in [3.8, 4) is 11.5 Å². The smallest absolute Gasteiger partial charge is 0.260 e. The van der Waals surface area contributed by atoms with Gasteiger partial charge in [-0.15, -0.1) is 0 Å². The number of nitrogens with one attached hydrogen (secondary N) is 2. The van der Waals surface area contributed by atoms with Crippen LogP contribution < -0.4 is 25.8 Å². The molecule has 0 saturated heterocycles. The zero-order valence-corrected chi connectivity index (χ0v) is 22.8. The van der Waals surface area contributed by atoms with Crippen molar-refractivity contribution >= 4 is 63.2 Å². The van der Waals surface area contributed by atoms with Crippen LogP contribution in [-0.4, -0.2) is 36.3 Å². The van der Waals surface area contributed by atoms with E-state index in [1.54, 1.807) is 36.4 Å². The van der Waals surface area contributed by atoms with Crippen LogP contribution in [0.1, 0.15) is 5.56 Å². The fourth-order valence-corrected chi connectivity index (χ4v) is 5.26. The Morgan fingerprint density at radius 1 is 0.974 bits per heavy atom. The van der Waals surface area contributed by atoms with Crippen LogP contribution in [0.15, 0.2) is 83.0 Å². The molecular weight excluding hydrogens is 547 g/mol. The van der Waals surface area contributed by atoms with E-state index in [1.165, 1.54) is 14.2 Å². The van der Waals surface area contributed by atoms with E-state index in [1.807, 2.05) is 30.3 Å². The number of carbonyl (C=O) groups is 2. The van der Waals surface area contributed by atoms with Gasteiger partial charge in [0.15, 0.2) is 0 Å². The molecule has 8 nitrogen and oxygen atoms in total. The Labute approximate surface area is 234 Å². The van der Waals surface area contributed by atoms with E-state index in [9.17, 15) is 9.59 Å². The Morgan fingerprint density at radius 2 is 1.68 bits per heavy atom. The normalized spacial score (nSPS) is 15.9. The van der Waals surface area contributed by atoms with Gasteiger partial charge in [0.2, 0.25) is 5.91 Å². The van der Waals surface area contributed by atoms with Gasteiger partial charge in [-0.3, -0.25) is 14.6 Å². The second kappa shape index (κ2) is 12.3. The molecule has 3 aromatic carbocycles. The Morgan fingerprint density at radius 3 is 2.34 bits per heavy atom. The molecular formula is C27H24Cl2N4O4S. The van der Waals surface area contributed by atoms with Crippen molar-refractivity contribution < 1.29 is 19.1 Å². The standard InChI is InChI=1S/C27H24Cl2N4O4S/c1-36-16-11-12-19(20(13-16)37-2)32-26(35)24-22(30)21(25(34)33-23-17(28)9-6-10-18(23)29)27(38-24)31-14-15-7-4-3-5-8-15/h3-13,24H,14,30H2,1-2H3,(H,32,35)(H,33,34)/t24-/m0/s1. The molecule has 0 aliphatic carbocycles. The van der Waals surface area contributed by atoms with Crippen LogP contribution in [0.5, 0.6) is 11.5 Å². The largest absolute Gasteiger partial charge is 0.497 e. The molecule has 1 aliphatic heterocycles. The number of rotatable bonds is 8. The molecule has 4 rings (SSSR count). The molecule has 0 spiro atoms. The summed E-state index contributed by atoms with van der Waals surface area (Å²) in [4.78, 5) is 31.4. The lowest BCUT2D eigenvalue weighted by Crippen LogP contribution is -2.29. The van der Waals surface area contributed by atoms with E-state index in [0.29, 0.717) is 28.8 Å². The Bertz CT molecular complexity index is 1410. The van der Waals surface area contributed by atoms with Gasteiger partial charge >= 0.3 is 0 Å². The van der Waals surface area contributed by atoms with Crippen LogP contribution in [0.2, 0.25) is 10.0 Å². The fraction of sp³-hybridized carbons (Fsp3) is 0.148. The first-order valence-corrected chi connectivity index (χ1v) is 13.0. The molecule has 3 aromatic rings. The maximum absolute atomic E-state index is 13.4. The van der Waals surface area contributed by atoms with Gasteiger partial charge in [0.25, 0.3) is 5.91 Å². The van der Waals surface area contributed by atoms with Gasteiger partial charge in [0.05, 0.1) is 47.8 Å². The SMILES string of the molecule is COc1ccc(NC(=O)[C@H]2SC(=NCc3ccccc3)C(C(=O)Nc3c(Cl)cccc3Cl)=C2N)c(OC)c1. The Balaban J connectivity index is 1.65. The van der Waals surface area contributed by atoms with Crippen molar-refractivity contribution in [2.75, 3.05) is 24.9 Å². The molecule has 0 radical (unpaired) electrons. The highest BCUT2D eigenvalue weighted by Gasteiger charge is 2.38. The van der Waals surface area contributed by atoms with Crippen molar-refractivity contribution in [1.29, 1.82) is 0 Å². The summed E-state index contributed by atoms with van der Waals surface area (Å²) in [5.41, 5.74) is 8.17. The monoisotopic (exact) mass is 570 g/mol. The van der Waals surface area contributed by atoms with Crippen LogP contribution in [0.3, 0.4) is 0 Å². The molecule has 0 aromatic heterocycles. The molecule has 4 N–H and O–H groups in total. The van der Waals surface area contributed by atoms with Gasteiger partial charge in [-0.25, -0.2) is 0 Å². The third kappa shape index (κ3) is 6.07. The number of nitrogens with zero attached hydrogens (tertiary/aromatic N) is 1. The maximum Gasteiger partial charge on any atom is 0.260 e. The minimum atomic E-state index is -0.918. The first-order chi connectivity index (χ1) is 18.3. The molecule has 2 amide bonds. The number of carbonyl (C=O) groups excluding carboxylic acids is 2. The van der Waals surface area contributed by atoms with E-state index in [2.05, 4.69) is 15.6 Å². The number of para-hydroxylation sites is 1. The summed E-state index contributed by atoms with van der Waals surface area (Å²) in [5, 5.41) is 5.48. The van der Waals surface area contributed by atoms with Crippen LogP contribution in [0.4, 0.5) is 11.4 Å². The highest BCUT2D eigenvalue weighted by molar-refractivity contribution is 8.16. The maximum atomic E-state index is 13.4. The highest BCUT2D eigenvalue weighted by Crippen LogP contribution is 2.37. The first-order valence-electron chi connectivity index (χ1n) is 11.4. The minimum absolute atomic E-state index is 0.0625. The van der Waals surface area contributed by atoms with Crippen LogP contribution >= 0.6 is 35.0 Å². The second-order valence-corrected chi connectivity index (χ2v) is 9.95. The number of aliphatic imine (C=N–C) groups is 1. The molecule has 1 heterocycles. The first kappa shape index (κ1) is 27.4. The Hall–Kier alpha value is -3.66. The summed E-state index contributed by atoms with van der Waals surface area (Å²) in [6, 6.07) is 19.4. The number of thioether (sulfide) groups is 1. The summed E-state index contributed by atoms with van der Waals surface area (Å²) in [5.74, 6) is -0.0364. The van der Waals surface area contributed by atoms with E-state index in [0.717, 1.165) is 17.3 Å². The predicted molar refractivity (Wildman–Crippen MR) is 153 cm³/mol. The summed E-state index contributed by atoms with van der Waals surface area (Å²) < 4.78 is 10.6. The molecule has 1 atom stereocenters.